The number of rotatable bonds is 8. The second-order valence-corrected chi connectivity index (χ2v) is 5.90. The highest BCUT2D eigenvalue weighted by atomic mass is 16.5. The van der Waals surface area contributed by atoms with Crippen LogP contribution >= 0.6 is 0 Å². The highest BCUT2D eigenvalue weighted by Crippen LogP contribution is 2.21. The molecule has 146 valence electrons. The predicted molar refractivity (Wildman–Crippen MR) is 101 cm³/mol. The number of nitrogens with zero attached hydrogens (tertiary/aromatic N) is 2. The molecule has 0 saturated heterocycles. The van der Waals surface area contributed by atoms with Crippen LogP contribution in [0, 0.1) is 0 Å². The van der Waals surface area contributed by atoms with Gasteiger partial charge in [0.25, 0.3) is 5.91 Å². The van der Waals surface area contributed by atoms with Gasteiger partial charge >= 0.3 is 0 Å². The maximum Gasteiger partial charge on any atom is 0.261 e. The van der Waals surface area contributed by atoms with Gasteiger partial charge in [0.1, 0.15) is 17.2 Å². The monoisotopic (exact) mass is 383 g/mol. The van der Waals surface area contributed by atoms with Gasteiger partial charge in [-0.3, -0.25) is 4.79 Å². The zero-order valence-corrected chi connectivity index (χ0v) is 15.8. The van der Waals surface area contributed by atoms with E-state index in [1.54, 1.807) is 45.4 Å². The molecule has 2 aromatic carbocycles. The fraction of sp³-hybridized carbons (Fsp3) is 0.250. The van der Waals surface area contributed by atoms with E-state index < -0.39 is 6.10 Å². The summed E-state index contributed by atoms with van der Waals surface area (Å²) in [4.78, 5) is 16.5. The Morgan fingerprint density at radius 2 is 1.79 bits per heavy atom. The first-order chi connectivity index (χ1) is 13.6. The van der Waals surface area contributed by atoms with Crippen molar-refractivity contribution in [2.24, 2.45) is 0 Å². The van der Waals surface area contributed by atoms with E-state index in [0.29, 0.717) is 23.2 Å². The largest absolute Gasteiger partial charge is 0.497 e. The van der Waals surface area contributed by atoms with Crippen LogP contribution in [-0.2, 0) is 11.3 Å². The lowest BCUT2D eigenvalue weighted by atomic mass is 10.2. The van der Waals surface area contributed by atoms with Crippen LogP contribution in [0.25, 0.3) is 11.4 Å². The molecule has 1 aromatic heterocycles. The van der Waals surface area contributed by atoms with Gasteiger partial charge in [-0.15, -0.1) is 0 Å². The number of benzene rings is 2. The number of methoxy groups -OCH3 is 2. The Bertz CT molecular complexity index is 924. The van der Waals surface area contributed by atoms with E-state index >= 15 is 0 Å². The summed E-state index contributed by atoms with van der Waals surface area (Å²) in [5, 5.41) is 6.65. The number of hydrogen-bond donors (Lipinski definition) is 1. The van der Waals surface area contributed by atoms with Crippen molar-refractivity contribution in [1.29, 1.82) is 0 Å². The Kier molecular flexibility index (Phi) is 6.11. The minimum Gasteiger partial charge on any atom is -0.497 e. The summed E-state index contributed by atoms with van der Waals surface area (Å²) in [7, 11) is 3.17. The van der Waals surface area contributed by atoms with E-state index in [-0.39, 0.29) is 12.5 Å². The maximum absolute atomic E-state index is 12.3. The van der Waals surface area contributed by atoms with Gasteiger partial charge in [0.2, 0.25) is 11.7 Å². The van der Waals surface area contributed by atoms with Gasteiger partial charge in [0.15, 0.2) is 6.10 Å². The molecule has 1 atom stereocenters. The quantitative estimate of drug-likeness (QED) is 0.639. The molecule has 0 aliphatic carbocycles. The summed E-state index contributed by atoms with van der Waals surface area (Å²) < 4.78 is 21.1. The molecule has 1 heterocycles. The van der Waals surface area contributed by atoms with Gasteiger partial charge in [-0.1, -0.05) is 11.2 Å². The van der Waals surface area contributed by atoms with Crippen molar-refractivity contribution < 1.29 is 23.5 Å². The van der Waals surface area contributed by atoms with E-state index in [2.05, 4.69) is 15.5 Å². The third-order valence-electron chi connectivity index (χ3n) is 3.95. The van der Waals surface area contributed by atoms with Crippen LogP contribution in [0.2, 0.25) is 0 Å². The molecule has 0 fully saturated rings. The number of amides is 1. The fourth-order valence-corrected chi connectivity index (χ4v) is 2.42. The van der Waals surface area contributed by atoms with Crippen LogP contribution in [0.3, 0.4) is 0 Å². The number of nitrogens with one attached hydrogen (secondary N) is 1. The van der Waals surface area contributed by atoms with Gasteiger partial charge in [-0.25, -0.2) is 0 Å². The lowest BCUT2D eigenvalue weighted by molar-refractivity contribution is -0.127. The van der Waals surface area contributed by atoms with Crippen LogP contribution in [0.1, 0.15) is 12.8 Å². The van der Waals surface area contributed by atoms with E-state index in [0.717, 1.165) is 11.3 Å². The Hall–Kier alpha value is -3.55. The van der Waals surface area contributed by atoms with Crippen LogP contribution < -0.4 is 19.5 Å². The molecule has 0 saturated carbocycles. The minimum absolute atomic E-state index is 0.105. The molecule has 0 radical (unpaired) electrons. The molecule has 0 aliphatic heterocycles. The smallest absolute Gasteiger partial charge is 0.261 e. The maximum atomic E-state index is 12.3. The van der Waals surface area contributed by atoms with E-state index in [9.17, 15) is 4.79 Å². The van der Waals surface area contributed by atoms with Gasteiger partial charge < -0.3 is 24.1 Å². The molecule has 8 heteroatoms. The van der Waals surface area contributed by atoms with Crippen molar-refractivity contribution in [1.82, 2.24) is 15.5 Å². The zero-order chi connectivity index (χ0) is 19.9. The minimum atomic E-state index is -0.698. The van der Waals surface area contributed by atoms with Gasteiger partial charge in [0, 0.05) is 11.6 Å². The van der Waals surface area contributed by atoms with Gasteiger partial charge in [-0.05, 0) is 43.3 Å². The molecular weight excluding hydrogens is 362 g/mol. The Morgan fingerprint density at radius 1 is 1.07 bits per heavy atom. The van der Waals surface area contributed by atoms with Crippen molar-refractivity contribution in [3.8, 4) is 28.6 Å². The second-order valence-electron chi connectivity index (χ2n) is 5.90. The standard InChI is InChI=1S/C20H21N3O5/c1-13(27-17-6-4-5-16(11-17)26-3)20(24)21-12-18-22-19(23-28-18)14-7-9-15(25-2)10-8-14/h4-11,13H,12H2,1-3H3,(H,21,24)/t13-/m1/s1. The van der Waals surface area contributed by atoms with Crippen molar-refractivity contribution in [2.75, 3.05) is 14.2 Å². The number of carbonyl (C=O) groups is 1. The van der Waals surface area contributed by atoms with Gasteiger partial charge in [-0.2, -0.15) is 4.98 Å². The first-order valence-electron chi connectivity index (χ1n) is 8.64. The summed E-state index contributed by atoms with van der Waals surface area (Å²) in [5.74, 6) is 2.38. The molecule has 0 bridgehead atoms. The normalized spacial score (nSPS) is 11.5. The van der Waals surface area contributed by atoms with E-state index in [4.69, 9.17) is 18.7 Å². The van der Waals surface area contributed by atoms with Crippen molar-refractivity contribution in [2.45, 2.75) is 19.6 Å². The van der Waals surface area contributed by atoms with Crippen molar-refractivity contribution in [3.05, 3.63) is 54.4 Å². The number of carbonyl (C=O) groups excluding carboxylic acids is 1. The molecule has 0 spiro atoms. The summed E-state index contributed by atoms with van der Waals surface area (Å²) >= 11 is 0. The van der Waals surface area contributed by atoms with E-state index in [1.165, 1.54) is 0 Å². The molecule has 1 amide bonds. The number of ether oxygens (including phenoxy) is 3. The fourth-order valence-electron chi connectivity index (χ4n) is 2.42. The van der Waals surface area contributed by atoms with Crippen molar-refractivity contribution in [3.63, 3.8) is 0 Å². The van der Waals surface area contributed by atoms with E-state index in [1.807, 2.05) is 24.3 Å². The number of aromatic nitrogens is 2. The third kappa shape index (κ3) is 4.79. The highest BCUT2D eigenvalue weighted by Gasteiger charge is 2.16. The third-order valence-corrected chi connectivity index (χ3v) is 3.95. The molecule has 0 unspecified atom stereocenters. The Labute approximate surface area is 162 Å². The summed E-state index contributed by atoms with van der Waals surface area (Å²) in [5.41, 5.74) is 0.789. The lowest BCUT2D eigenvalue weighted by Gasteiger charge is -2.14. The zero-order valence-electron chi connectivity index (χ0n) is 15.8. The summed E-state index contributed by atoms with van der Waals surface area (Å²) in [6, 6.07) is 14.3. The first kappa shape index (κ1) is 19.2. The average Bonchev–Trinajstić information content (AvgIpc) is 3.21. The predicted octanol–water partition coefficient (Wildman–Crippen LogP) is 2.84. The first-order valence-corrected chi connectivity index (χ1v) is 8.64. The molecule has 1 N–H and O–H groups in total. The summed E-state index contributed by atoms with van der Waals surface area (Å²) in [6.07, 6.45) is -0.698. The lowest BCUT2D eigenvalue weighted by Crippen LogP contribution is -2.36. The molecule has 0 aliphatic rings. The molecule has 3 rings (SSSR count). The number of hydrogen-bond acceptors (Lipinski definition) is 7. The Morgan fingerprint density at radius 3 is 2.50 bits per heavy atom. The topological polar surface area (TPSA) is 95.7 Å². The molecular formula is C20H21N3O5. The molecule has 3 aromatic rings. The summed E-state index contributed by atoms with van der Waals surface area (Å²) in [6.45, 7) is 1.76. The van der Waals surface area contributed by atoms with Crippen LogP contribution in [0.15, 0.2) is 53.1 Å². The van der Waals surface area contributed by atoms with Crippen LogP contribution in [-0.4, -0.2) is 36.4 Å². The average molecular weight is 383 g/mol. The Balaban J connectivity index is 1.54. The second kappa shape index (κ2) is 8.90. The SMILES string of the molecule is COc1ccc(-c2noc(CNC(=O)[C@@H](C)Oc3cccc(OC)c3)n2)cc1. The highest BCUT2D eigenvalue weighted by molar-refractivity contribution is 5.80. The molecule has 8 nitrogen and oxygen atoms in total. The molecule has 28 heavy (non-hydrogen) atoms. The van der Waals surface area contributed by atoms with Crippen molar-refractivity contribution >= 4 is 5.91 Å². The van der Waals surface area contributed by atoms with Crippen LogP contribution in [0.5, 0.6) is 17.2 Å². The van der Waals surface area contributed by atoms with Gasteiger partial charge in [0.05, 0.1) is 20.8 Å². The van der Waals surface area contributed by atoms with Crippen LogP contribution in [0.4, 0.5) is 0 Å².